The quantitative estimate of drug-likeness (QED) is 0.674. The number of anilines is 1. The van der Waals surface area contributed by atoms with Gasteiger partial charge in [0.1, 0.15) is 12.4 Å². The first-order valence-electron chi connectivity index (χ1n) is 5.65. The van der Waals surface area contributed by atoms with Gasteiger partial charge in [-0.15, -0.1) is 11.3 Å². The average molecular weight is 260 g/mol. The van der Waals surface area contributed by atoms with Crippen molar-refractivity contribution in [3.63, 3.8) is 0 Å². The van der Waals surface area contributed by atoms with Crippen molar-refractivity contribution >= 4 is 17.0 Å². The Bertz CT molecular complexity index is 575. The molecule has 2 aromatic rings. The molecule has 0 unspecified atom stereocenters. The summed E-state index contributed by atoms with van der Waals surface area (Å²) in [6.45, 7) is 8.19. The summed E-state index contributed by atoms with van der Waals surface area (Å²) in [5.41, 5.74) is 9.53. The first kappa shape index (κ1) is 12.6. The number of nitrogens with two attached hydrogens (primary N) is 1. The van der Waals surface area contributed by atoms with E-state index in [9.17, 15) is 0 Å². The molecule has 0 spiro atoms. The van der Waals surface area contributed by atoms with Crippen molar-refractivity contribution < 1.29 is 4.74 Å². The van der Waals surface area contributed by atoms with Gasteiger partial charge in [0.05, 0.1) is 16.4 Å². The smallest absolute Gasteiger partial charge is 0.142 e. The summed E-state index contributed by atoms with van der Waals surface area (Å²) in [5.74, 6) is 0.689. The molecule has 0 atom stereocenters. The number of rotatable bonds is 4. The van der Waals surface area contributed by atoms with Crippen LogP contribution in [0.15, 0.2) is 35.7 Å². The van der Waals surface area contributed by atoms with Gasteiger partial charge in [0.2, 0.25) is 0 Å². The molecule has 0 amide bonds. The molecule has 1 aromatic carbocycles. The predicted octanol–water partition coefficient (Wildman–Crippen LogP) is 3.66. The van der Waals surface area contributed by atoms with Crippen molar-refractivity contribution in [1.29, 1.82) is 0 Å². The van der Waals surface area contributed by atoms with Crippen LogP contribution in [0.5, 0.6) is 5.75 Å². The molecule has 0 aliphatic heterocycles. The molecule has 0 saturated heterocycles. The zero-order valence-electron chi connectivity index (χ0n) is 10.6. The largest absolute Gasteiger partial charge is 0.487 e. The van der Waals surface area contributed by atoms with E-state index in [1.54, 1.807) is 11.3 Å². The molecule has 4 heteroatoms. The molecular formula is C14H16N2OS. The molecule has 2 rings (SSSR count). The van der Waals surface area contributed by atoms with Crippen molar-refractivity contribution in [1.82, 2.24) is 4.98 Å². The zero-order chi connectivity index (χ0) is 13.1. The Morgan fingerprint density at radius 1 is 1.50 bits per heavy atom. The molecule has 0 fully saturated rings. The van der Waals surface area contributed by atoms with E-state index in [0.29, 0.717) is 18.0 Å². The second kappa shape index (κ2) is 5.23. The van der Waals surface area contributed by atoms with Crippen molar-refractivity contribution in [2.24, 2.45) is 0 Å². The average Bonchev–Trinajstić information content (AvgIpc) is 2.74. The van der Waals surface area contributed by atoms with Crippen LogP contribution in [0.4, 0.5) is 5.69 Å². The highest BCUT2D eigenvalue weighted by Gasteiger charge is 2.06. The van der Waals surface area contributed by atoms with Gasteiger partial charge in [-0.1, -0.05) is 6.58 Å². The minimum absolute atomic E-state index is 0.485. The third-order valence-electron chi connectivity index (χ3n) is 2.40. The maximum absolute atomic E-state index is 5.97. The summed E-state index contributed by atoms with van der Waals surface area (Å²) >= 11 is 1.63. The molecule has 3 nitrogen and oxygen atoms in total. The standard InChI is InChI=1S/C14H16N2OS/c1-9(2)7-17-14-5-4-11(6-12(14)15)13-8-18-10(3)16-13/h4-6,8H,1,7,15H2,2-3H3. The normalized spacial score (nSPS) is 10.3. The molecule has 18 heavy (non-hydrogen) atoms. The van der Waals surface area contributed by atoms with Crippen LogP contribution in [0.1, 0.15) is 11.9 Å². The van der Waals surface area contributed by atoms with Gasteiger partial charge in [-0.05, 0) is 37.6 Å². The Morgan fingerprint density at radius 2 is 2.28 bits per heavy atom. The second-order valence-electron chi connectivity index (χ2n) is 4.25. The molecule has 0 bridgehead atoms. The molecule has 0 saturated carbocycles. The van der Waals surface area contributed by atoms with E-state index in [2.05, 4.69) is 11.6 Å². The van der Waals surface area contributed by atoms with E-state index < -0.39 is 0 Å². The molecular weight excluding hydrogens is 244 g/mol. The van der Waals surface area contributed by atoms with Crippen molar-refractivity contribution in [2.75, 3.05) is 12.3 Å². The van der Waals surface area contributed by atoms with Gasteiger partial charge < -0.3 is 10.5 Å². The summed E-state index contributed by atoms with van der Waals surface area (Å²) < 4.78 is 5.55. The molecule has 94 valence electrons. The van der Waals surface area contributed by atoms with Crippen LogP contribution in [0.25, 0.3) is 11.3 Å². The van der Waals surface area contributed by atoms with Gasteiger partial charge in [-0.25, -0.2) is 4.98 Å². The van der Waals surface area contributed by atoms with Gasteiger partial charge >= 0.3 is 0 Å². The van der Waals surface area contributed by atoms with Crippen LogP contribution in [0, 0.1) is 6.92 Å². The lowest BCUT2D eigenvalue weighted by atomic mass is 10.1. The number of nitrogen functional groups attached to an aromatic ring is 1. The monoisotopic (exact) mass is 260 g/mol. The highest BCUT2D eigenvalue weighted by molar-refractivity contribution is 7.09. The lowest BCUT2D eigenvalue weighted by molar-refractivity contribution is 0.354. The van der Waals surface area contributed by atoms with Crippen molar-refractivity contribution in [3.8, 4) is 17.0 Å². The Kier molecular flexibility index (Phi) is 3.67. The van der Waals surface area contributed by atoms with Crippen molar-refractivity contribution in [2.45, 2.75) is 13.8 Å². The number of ether oxygens (including phenoxy) is 1. The lowest BCUT2D eigenvalue weighted by Crippen LogP contribution is -2.00. The van der Waals surface area contributed by atoms with Gasteiger partial charge in [-0.3, -0.25) is 0 Å². The molecule has 1 aromatic heterocycles. The fraction of sp³-hybridized carbons (Fsp3) is 0.214. The van der Waals surface area contributed by atoms with Crippen LogP contribution in [-0.2, 0) is 0 Å². The van der Waals surface area contributed by atoms with E-state index in [0.717, 1.165) is 21.8 Å². The first-order chi connectivity index (χ1) is 8.56. The molecule has 0 radical (unpaired) electrons. The summed E-state index contributed by atoms with van der Waals surface area (Å²) in [6.07, 6.45) is 0. The van der Waals surface area contributed by atoms with Crippen LogP contribution in [0.2, 0.25) is 0 Å². The fourth-order valence-electron chi connectivity index (χ4n) is 1.54. The molecule has 0 aliphatic rings. The Labute approximate surface area is 111 Å². The Balaban J connectivity index is 2.22. The van der Waals surface area contributed by atoms with Crippen LogP contribution >= 0.6 is 11.3 Å². The van der Waals surface area contributed by atoms with E-state index in [-0.39, 0.29) is 0 Å². The van der Waals surface area contributed by atoms with Crippen molar-refractivity contribution in [3.05, 3.63) is 40.7 Å². The van der Waals surface area contributed by atoms with Crippen LogP contribution in [-0.4, -0.2) is 11.6 Å². The van der Waals surface area contributed by atoms with Gasteiger partial charge in [0.25, 0.3) is 0 Å². The summed E-state index contributed by atoms with van der Waals surface area (Å²) in [6, 6.07) is 5.74. The fourth-order valence-corrected chi connectivity index (χ4v) is 2.16. The first-order valence-corrected chi connectivity index (χ1v) is 6.53. The molecule has 0 aliphatic carbocycles. The lowest BCUT2D eigenvalue weighted by Gasteiger charge is -2.09. The predicted molar refractivity (Wildman–Crippen MR) is 77.0 cm³/mol. The number of thiazole rings is 1. The number of aryl methyl sites for hydroxylation is 1. The zero-order valence-corrected chi connectivity index (χ0v) is 11.4. The number of hydrogen-bond acceptors (Lipinski definition) is 4. The summed E-state index contributed by atoms with van der Waals surface area (Å²) in [5, 5.41) is 3.07. The van der Waals surface area contributed by atoms with E-state index in [1.807, 2.05) is 37.4 Å². The maximum Gasteiger partial charge on any atom is 0.142 e. The summed E-state index contributed by atoms with van der Waals surface area (Å²) in [7, 11) is 0. The Morgan fingerprint density at radius 3 is 2.83 bits per heavy atom. The van der Waals surface area contributed by atoms with E-state index in [1.165, 1.54) is 0 Å². The minimum Gasteiger partial charge on any atom is -0.487 e. The van der Waals surface area contributed by atoms with Crippen LogP contribution in [0.3, 0.4) is 0 Å². The summed E-state index contributed by atoms with van der Waals surface area (Å²) in [4.78, 5) is 4.43. The third-order valence-corrected chi connectivity index (χ3v) is 3.17. The number of benzene rings is 1. The number of hydrogen-bond donors (Lipinski definition) is 1. The van der Waals surface area contributed by atoms with Crippen LogP contribution < -0.4 is 10.5 Å². The molecule has 2 N–H and O–H groups in total. The van der Waals surface area contributed by atoms with Gasteiger partial charge in [-0.2, -0.15) is 0 Å². The highest BCUT2D eigenvalue weighted by atomic mass is 32.1. The van der Waals surface area contributed by atoms with E-state index >= 15 is 0 Å². The number of nitrogens with zero attached hydrogens (tertiary/aromatic N) is 1. The topological polar surface area (TPSA) is 48.1 Å². The van der Waals surface area contributed by atoms with Gasteiger partial charge in [0.15, 0.2) is 0 Å². The highest BCUT2D eigenvalue weighted by Crippen LogP contribution is 2.29. The molecule has 1 heterocycles. The number of aromatic nitrogens is 1. The SMILES string of the molecule is C=C(C)COc1ccc(-c2csc(C)n2)cc1N. The van der Waals surface area contributed by atoms with Gasteiger partial charge in [0, 0.05) is 10.9 Å². The second-order valence-corrected chi connectivity index (χ2v) is 5.31. The minimum atomic E-state index is 0.485. The van der Waals surface area contributed by atoms with E-state index in [4.69, 9.17) is 10.5 Å². The maximum atomic E-state index is 5.97. The Hall–Kier alpha value is -1.81. The third kappa shape index (κ3) is 2.90.